The van der Waals surface area contributed by atoms with Crippen molar-refractivity contribution >= 4 is 79.8 Å². The number of halogens is 2. The van der Waals surface area contributed by atoms with Crippen LogP contribution in [0, 0.1) is 11.6 Å². The minimum Gasteiger partial charge on any atom is -0.478 e. The fraction of sp³-hybridized carbons (Fsp3) is 0.292. The second-order valence-electron chi connectivity index (χ2n) is 16.7. The van der Waals surface area contributed by atoms with Crippen LogP contribution in [0.2, 0.25) is 0 Å². The number of carbonyl (C=O) groups is 2. The highest BCUT2D eigenvalue weighted by atomic mass is 32.2. The van der Waals surface area contributed by atoms with Gasteiger partial charge in [0.15, 0.2) is 11.6 Å². The summed E-state index contributed by atoms with van der Waals surface area (Å²) in [6.45, 7) is 5.82. The molecule has 0 aliphatic carbocycles. The predicted octanol–water partition coefficient (Wildman–Crippen LogP) is 6.10. The Morgan fingerprint density at radius 1 is 0.574 bits per heavy atom. The Labute approximate surface area is 397 Å². The predicted molar refractivity (Wildman–Crippen MR) is 260 cm³/mol. The third kappa shape index (κ3) is 10.2. The lowest BCUT2D eigenvalue weighted by molar-refractivity contribution is 0.0696. The van der Waals surface area contributed by atoms with E-state index < -0.39 is 27.6 Å². The Balaban J connectivity index is 0.000000170. The zero-order valence-electron chi connectivity index (χ0n) is 37.4. The van der Waals surface area contributed by atoms with Crippen molar-refractivity contribution in [1.29, 1.82) is 0 Å². The van der Waals surface area contributed by atoms with E-state index in [-0.39, 0.29) is 23.1 Å². The maximum atomic E-state index is 13.7. The third-order valence-electron chi connectivity index (χ3n) is 12.0. The van der Waals surface area contributed by atoms with Gasteiger partial charge >= 0.3 is 5.97 Å². The highest BCUT2D eigenvalue weighted by Crippen LogP contribution is 2.34. The van der Waals surface area contributed by atoms with E-state index in [1.54, 1.807) is 55.4 Å². The number of aromatic carboxylic acids is 1. The quantitative estimate of drug-likeness (QED) is 0.143. The van der Waals surface area contributed by atoms with Gasteiger partial charge in [-0.05, 0) is 84.9 Å². The summed E-state index contributed by atoms with van der Waals surface area (Å²) in [6, 6.07) is 26.8. The van der Waals surface area contributed by atoms with Crippen molar-refractivity contribution in [3.63, 3.8) is 0 Å². The number of carboxylic acid groups (broad SMARTS) is 1. The topological polar surface area (TPSA) is 180 Å². The van der Waals surface area contributed by atoms with Gasteiger partial charge in [-0.3, -0.25) is 13.2 Å². The van der Waals surface area contributed by atoms with Crippen LogP contribution < -0.4 is 30.2 Å². The number of amides is 1. The molecule has 352 valence electrons. The number of fused-ring (bicyclic) bond motifs is 2. The van der Waals surface area contributed by atoms with Gasteiger partial charge in [0.1, 0.15) is 21.4 Å². The first-order valence-electron chi connectivity index (χ1n) is 22.2. The molecule has 2 atom stereocenters. The Morgan fingerprint density at radius 3 is 1.35 bits per heavy atom. The Bertz CT molecular complexity index is 2900. The lowest BCUT2D eigenvalue weighted by atomic mass is 10.1. The number of benzene rings is 4. The molecule has 20 heteroatoms. The highest BCUT2D eigenvalue weighted by molar-refractivity contribution is 7.85. The van der Waals surface area contributed by atoms with E-state index in [1.165, 1.54) is 24.3 Å². The maximum Gasteiger partial charge on any atom is 0.335 e. The number of nitrogens with zero attached hydrogens (tertiary/aromatic N) is 9. The summed E-state index contributed by atoms with van der Waals surface area (Å²) in [6.07, 6.45) is 1.25. The number of rotatable bonds is 10. The number of hydrogen-bond donors (Lipinski definition) is 3. The summed E-state index contributed by atoms with van der Waals surface area (Å²) in [7, 11) is 1.12. The molecule has 4 aliphatic heterocycles. The molecule has 6 heterocycles. The van der Waals surface area contributed by atoms with Crippen LogP contribution in [-0.4, -0.2) is 128 Å². The van der Waals surface area contributed by atoms with E-state index in [0.717, 1.165) is 62.0 Å². The van der Waals surface area contributed by atoms with Crippen molar-refractivity contribution in [2.45, 2.75) is 22.6 Å². The number of piperazine rings is 2. The first-order chi connectivity index (χ1) is 32.9. The number of anilines is 8. The molecular weight excluding hydrogens is 913 g/mol. The number of aryl methyl sites for hydroxylation is 2. The third-order valence-corrected chi connectivity index (χ3v) is 14.9. The molecular formula is C48H49F2N11O5S2. The van der Waals surface area contributed by atoms with Crippen LogP contribution in [0.4, 0.5) is 55.1 Å². The summed E-state index contributed by atoms with van der Waals surface area (Å²) < 4.78 is 52.5. The zero-order chi connectivity index (χ0) is 47.5. The minimum atomic E-state index is -1.19. The van der Waals surface area contributed by atoms with E-state index in [0.29, 0.717) is 87.7 Å². The molecule has 1 amide bonds. The summed E-state index contributed by atoms with van der Waals surface area (Å²) in [5.74, 6) is 1.45. The molecule has 2 aromatic heterocycles. The maximum absolute atomic E-state index is 13.7. The lowest BCUT2D eigenvalue weighted by Gasteiger charge is -2.36. The van der Waals surface area contributed by atoms with Gasteiger partial charge in [0, 0.05) is 119 Å². The second-order valence-corrected chi connectivity index (χ2v) is 19.7. The smallest absolute Gasteiger partial charge is 0.335 e. The van der Waals surface area contributed by atoms with Crippen molar-refractivity contribution in [2.75, 3.05) is 108 Å². The molecule has 10 rings (SSSR count). The van der Waals surface area contributed by atoms with Crippen molar-refractivity contribution < 1.29 is 31.9 Å². The molecule has 2 fully saturated rings. The summed E-state index contributed by atoms with van der Waals surface area (Å²) >= 11 is 0. The van der Waals surface area contributed by atoms with Crippen molar-refractivity contribution in [2.24, 2.45) is 0 Å². The second kappa shape index (κ2) is 20.0. The first-order valence-corrected chi connectivity index (χ1v) is 24.8. The summed E-state index contributed by atoms with van der Waals surface area (Å²) in [5, 5.41) is 15.4. The molecule has 16 nitrogen and oxygen atoms in total. The SMILES string of the molecule is CN(C)C(=O)c1ccc(N2CCN(c3nc4c(c(Nc5cccc(F)c5)n3)S(=O)CC4)CC2)cc1.O=C(O)c1ccc(N2CCN(c3nc4c(c(Nc5cccc(F)c5)n3)S(=O)CC4)CC2)cc1. The van der Waals surface area contributed by atoms with Crippen molar-refractivity contribution in [3.05, 3.63) is 131 Å². The molecule has 4 aliphatic rings. The number of carboxylic acids is 1. The summed E-state index contributed by atoms with van der Waals surface area (Å²) in [5.41, 5.74) is 5.62. The normalized spacial score (nSPS) is 17.5. The van der Waals surface area contributed by atoms with Crippen LogP contribution in [0.15, 0.2) is 107 Å². The molecule has 2 unspecified atom stereocenters. The van der Waals surface area contributed by atoms with Crippen molar-refractivity contribution in [1.82, 2.24) is 24.8 Å². The van der Waals surface area contributed by atoms with Gasteiger partial charge in [-0.1, -0.05) is 12.1 Å². The first kappa shape index (κ1) is 46.1. The van der Waals surface area contributed by atoms with E-state index in [4.69, 9.17) is 20.1 Å². The van der Waals surface area contributed by atoms with Gasteiger partial charge in [0.2, 0.25) is 11.9 Å². The van der Waals surface area contributed by atoms with Gasteiger partial charge in [0.25, 0.3) is 5.91 Å². The zero-order valence-corrected chi connectivity index (χ0v) is 39.0. The Morgan fingerprint density at radius 2 is 0.971 bits per heavy atom. The van der Waals surface area contributed by atoms with E-state index in [2.05, 4.69) is 35.2 Å². The van der Waals surface area contributed by atoms with E-state index in [9.17, 15) is 26.8 Å². The fourth-order valence-corrected chi connectivity index (χ4v) is 11.1. The number of aromatic nitrogens is 4. The Hall–Kier alpha value is -7.06. The average Bonchev–Trinajstić information content (AvgIpc) is 3.93. The standard InChI is InChI=1S/C25H27FN6O2S.C23H22FN5O3S/c1-30(2)24(33)17-6-8-20(9-7-17)31-11-13-32(14-12-31)25-28-21-10-15-35(34)22(21)23(29-25)27-19-5-3-4-18(26)16-19;24-16-2-1-3-17(14-16)25-21-20-19(8-13-33(20)32)26-23(27-21)29-11-9-28(10-12-29)18-6-4-15(5-7-18)22(30)31/h3-9,16H,10-15H2,1-2H3,(H,27,28,29);1-7,14H,8-13H2,(H,30,31)(H,25,26,27). The average molecular weight is 962 g/mol. The van der Waals surface area contributed by atoms with Crippen LogP contribution in [0.25, 0.3) is 0 Å². The van der Waals surface area contributed by atoms with E-state index in [1.807, 2.05) is 36.4 Å². The number of nitrogens with one attached hydrogen (secondary N) is 2. The Kier molecular flexibility index (Phi) is 13.6. The fourth-order valence-electron chi connectivity index (χ4n) is 8.44. The monoisotopic (exact) mass is 961 g/mol. The van der Waals surface area contributed by atoms with Crippen LogP contribution in [-0.2, 0) is 34.4 Å². The molecule has 0 bridgehead atoms. The van der Waals surface area contributed by atoms with Crippen LogP contribution in [0.5, 0.6) is 0 Å². The molecule has 68 heavy (non-hydrogen) atoms. The molecule has 6 aromatic rings. The van der Waals surface area contributed by atoms with Crippen LogP contribution in [0.1, 0.15) is 32.1 Å². The molecule has 2 saturated heterocycles. The molecule has 0 radical (unpaired) electrons. The highest BCUT2D eigenvalue weighted by Gasteiger charge is 2.30. The van der Waals surface area contributed by atoms with E-state index >= 15 is 0 Å². The number of hydrogen-bond acceptors (Lipinski definition) is 14. The molecule has 4 aromatic carbocycles. The molecule has 0 saturated carbocycles. The van der Waals surface area contributed by atoms with Gasteiger partial charge in [-0.15, -0.1) is 0 Å². The van der Waals surface area contributed by atoms with Gasteiger partial charge in [0.05, 0.1) is 38.6 Å². The molecule has 0 spiro atoms. The summed E-state index contributed by atoms with van der Waals surface area (Å²) in [4.78, 5) is 53.5. The van der Waals surface area contributed by atoms with Gasteiger partial charge < -0.3 is 40.2 Å². The van der Waals surface area contributed by atoms with Gasteiger partial charge in [-0.2, -0.15) is 9.97 Å². The largest absolute Gasteiger partial charge is 0.478 e. The molecule has 3 N–H and O–H groups in total. The van der Waals surface area contributed by atoms with Crippen LogP contribution >= 0.6 is 0 Å². The van der Waals surface area contributed by atoms with Crippen LogP contribution in [0.3, 0.4) is 0 Å². The van der Waals surface area contributed by atoms with Gasteiger partial charge in [-0.25, -0.2) is 23.5 Å². The lowest BCUT2D eigenvalue weighted by Crippen LogP contribution is -2.47. The minimum absolute atomic E-state index is 0.0151. The van der Waals surface area contributed by atoms with Crippen molar-refractivity contribution in [3.8, 4) is 0 Å². The number of carbonyl (C=O) groups excluding carboxylic acids is 1.